The Labute approximate surface area is 262 Å². The van der Waals surface area contributed by atoms with Crippen molar-refractivity contribution in [2.45, 2.75) is 46.3 Å². The van der Waals surface area contributed by atoms with E-state index in [0.29, 0.717) is 41.5 Å². The molecule has 8 nitrogen and oxygen atoms in total. The van der Waals surface area contributed by atoms with Gasteiger partial charge in [-0.2, -0.15) is 5.10 Å². The van der Waals surface area contributed by atoms with Gasteiger partial charge in [-0.25, -0.2) is 9.37 Å². The van der Waals surface area contributed by atoms with Crippen molar-refractivity contribution < 1.29 is 13.4 Å². The first-order valence-electron chi connectivity index (χ1n) is 14.8. The van der Waals surface area contributed by atoms with Crippen LogP contribution in [-0.4, -0.2) is 56.7 Å². The van der Waals surface area contributed by atoms with Gasteiger partial charge in [-0.1, -0.05) is 50.3 Å². The third kappa shape index (κ3) is 7.42. The number of pyridine rings is 1. The van der Waals surface area contributed by atoms with Crippen molar-refractivity contribution in [2.75, 3.05) is 31.8 Å². The zero-order valence-electron chi connectivity index (χ0n) is 26.3. The lowest BCUT2D eigenvalue weighted by Gasteiger charge is -2.28. The van der Waals surface area contributed by atoms with Crippen LogP contribution in [0.1, 0.15) is 66.0 Å². The van der Waals surface area contributed by atoms with Gasteiger partial charge in [-0.15, -0.1) is 0 Å². The van der Waals surface area contributed by atoms with Crippen LogP contribution >= 0.6 is 0 Å². The van der Waals surface area contributed by atoms with Crippen LogP contribution in [0.2, 0.25) is 0 Å². The number of carbonyl (C=O) groups is 1. The molecule has 0 saturated carbocycles. The van der Waals surface area contributed by atoms with Crippen LogP contribution in [0.4, 0.5) is 10.2 Å². The molecular weight excluding hydrogens is 575 g/mol. The van der Waals surface area contributed by atoms with E-state index in [-0.39, 0.29) is 11.9 Å². The van der Waals surface area contributed by atoms with Gasteiger partial charge < -0.3 is 15.1 Å². The SMILES string of the molecule is CC.C[C@@H](NC1=C(S(C)=O)C=CCC=C1)c1cccc(C(=O)N(C)C)c1/C=C/c1cnc(N2CCn3nccc3C2)c(F)c1. The minimum atomic E-state index is -1.18. The Morgan fingerprint density at radius 3 is 2.64 bits per heavy atom. The summed E-state index contributed by atoms with van der Waals surface area (Å²) in [5.74, 6) is -0.234. The van der Waals surface area contributed by atoms with Crippen molar-refractivity contribution in [2.24, 2.45) is 0 Å². The molecule has 2 aliphatic rings. The number of rotatable bonds is 8. The van der Waals surface area contributed by atoms with Gasteiger partial charge in [0.25, 0.3) is 5.91 Å². The van der Waals surface area contributed by atoms with Gasteiger partial charge in [-0.05, 0) is 60.4 Å². The third-order valence-corrected chi connectivity index (χ3v) is 8.32. The van der Waals surface area contributed by atoms with E-state index in [1.807, 2.05) is 78.9 Å². The van der Waals surface area contributed by atoms with E-state index in [4.69, 9.17) is 0 Å². The van der Waals surface area contributed by atoms with Crippen LogP contribution in [0.25, 0.3) is 12.2 Å². The van der Waals surface area contributed by atoms with Gasteiger partial charge in [0.2, 0.25) is 0 Å². The van der Waals surface area contributed by atoms with Crippen LogP contribution in [0.3, 0.4) is 0 Å². The summed E-state index contributed by atoms with van der Waals surface area (Å²) >= 11 is 0. The topological polar surface area (TPSA) is 83.4 Å². The predicted octanol–water partition coefficient (Wildman–Crippen LogP) is 6.09. The maximum atomic E-state index is 15.3. The van der Waals surface area contributed by atoms with E-state index < -0.39 is 16.6 Å². The van der Waals surface area contributed by atoms with E-state index in [9.17, 15) is 9.00 Å². The lowest BCUT2D eigenvalue weighted by Crippen LogP contribution is -2.34. The van der Waals surface area contributed by atoms with Gasteiger partial charge in [-0.3, -0.25) is 13.7 Å². The highest BCUT2D eigenvalue weighted by Crippen LogP contribution is 2.28. The highest BCUT2D eigenvalue weighted by molar-refractivity contribution is 7.88. The molecule has 2 aromatic heterocycles. The minimum Gasteiger partial charge on any atom is -0.378 e. The molecule has 5 rings (SSSR count). The summed E-state index contributed by atoms with van der Waals surface area (Å²) < 4.78 is 29.7. The molecule has 1 amide bonds. The summed E-state index contributed by atoms with van der Waals surface area (Å²) in [6.45, 7) is 7.84. The number of fused-ring (bicyclic) bond motifs is 1. The van der Waals surface area contributed by atoms with Crippen LogP contribution in [0, 0.1) is 5.82 Å². The lowest BCUT2D eigenvalue weighted by molar-refractivity contribution is 0.0827. The second kappa shape index (κ2) is 14.9. The first-order valence-corrected chi connectivity index (χ1v) is 16.4. The first kappa shape index (κ1) is 32.6. The number of nitrogens with one attached hydrogen (secondary N) is 1. The van der Waals surface area contributed by atoms with Crippen LogP contribution in [0.15, 0.2) is 77.6 Å². The lowest BCUT2D eigenvalue weighted by atomic mass is 9.94. The first-order chi connectivity index (χ1) is 21.2. The molecule has 1 aromatic carbocycles. The molecular formula is C34H41FN6O2S. The normalized spacial score (nSPS) is 15.8. The predicted molar refractivity (Wildman–Crippen MR) is 178 cm³/mol. The Bertz CT molecular complexity index is 1640. The summed E-state index contributed by atoms with van der Waals surface area (Å²) in [7, 11) is 2.25. The van der Waals surface area contributed by atoms with Gasteiger partial charge in [0.05, 0.1) is 40.2 Å². The molecule has 0 bridgehead atoms. The highest BCUT2D eigenvalue weighted by Gasteiger charge is 2.22. The average molecular weight is 617 g/mol. The number of anilines is 1. The molecule has 3 aromatic rings. The number of carbonyl (C=O) groups excluding carboxylic acids is 1. The number of amides is 1. The quantitative estimate of drug-likeness (QED) is 0.330. The molecule has 1 aliphatic heterocycles. The summed E-state index contributed by atoms with van der Waals surface area (Å²) in [6, 6.07) is 8.79. The van der Waals surface area contributed by atoms with Gasteiger partial charge in [0.1, 0.15) is 0 Å². The van der Waals surface area contributed by atoms with Crippen molar-refractivity contribution in [3.63, 3.8) is 0 Å². The van der Waals surface area contributed by atoms with Crippen LogP contribution in [-0.2, 0) is 23.9 Å². The number of allylic oxidation sites excluding steroid dienone is 4. The second-order valence-corrected chi connectivity index (χ2v) is 11.9. The molecule has 2 atom stereocenters. The molecule has 1 N–H and O–H groups in total. The fraction of sp³-hybridized carbons (Fsp3) is 0.324. The second-order valence-electron chi connectivity index (χ2n) is 10.5. The molecule has 1 unspecified atom stereocenters. The molecule has 1 aliphatic carbocycles. The van der Waals surface area contributed by atoms with Crippen molar-refractivity contribution in [1.82, 2.24) is 25.0 Å². The summed E-state index contributed by atoms with van der Waals surface area (Å²) in [6.07, 6.45) is 17.3. The molecule has 0 saturated heterocycles. The maximum Gasteiger partial charge on any atom is 0.253 e. The molecule has 232 valence electrons. The zero-order chi connectivity index (χ0) is 31.8. The van der Waals surface area contributed by atoms with Gasteiger partial charge >= 0.3 is 0 Å². The molecule has 44 heavy (non-hydrogen) atoms. The zero-order valence-corrected chi connectivity index (χ0v) is 27.1. The standard InChI is InChI=1S/C32H35FN6O2S.C2H6/c1-22(36-29-11-6-5-7-12-30(29)42(4)41)25-9-8-10-27(32(40)37(2)3)26(25)14-13-23-19-28(33)31(34-20-23)38-17-18-39-24(21-38)15-16-35-39;1-2/h6-16,19-20,22,36H,5,17-18,21H2,1-4H3;1-2H3/b14-13+;/t22-,42?;/m1./s1. The van der Waals surface area contributed by atoms with E-state index in [1.165, 1.54) is 11.0 Å². The van der Waals surface area contributed by atoms with E-state index in [2.05, 4.69) is 15.4 Å². The minimum absolute atomic E-state index is 0.139. The Morgan fingerprint density at radius 2 is 1.91 bits per heavy atom. The largest absolute Gasteiger partial charge is 0.378 e. The molecule has 0 fully saturated rings. The fourth-order valence-electron chi connectivity index (χ4n) is 5.18. The Kier molecular flexibility index (Phi) is 11.1. The van der Waals surface area contributed by atoms with E-state index in [0.717, 1.165) is 28.9 Å². The number of hydrogen-bond donors (Lipinski definition) is 1. The van der Waals surface area contributed by atoms with Gasteiger partial charge in [0.15, 0.2) is 11.6 Å². The Morgan fingerprint density at radius 1 is 1.14 bits per heavy atom. The number of benzene rings is 1. The van der Waals surface area contributed by atoms with Crippen molar-refractivity contribution in [3.05, 3.63) is 111 Å². The molecule has 10 heteroatoms. The molecule has 0 spiro atoms. The number of aromatic nitrogens is 3. The van der Waals surface area contributed by atoms with Crippen molar-refractivity contribution >= 4 is 34.7 Å². The smallest absolute Gasteiger partial charge is 0.253 e. The number of halogens is 1. The summed E-state index contributed by atoms with van der Waals surface area (Å²) in [5.41, 5.74) is 4.51. The van der Waals surface area contributed by atoms with E-state index in [1.54, 1.807) is 44.9 Å². The monoisotopic (exact) mass is 616 g/mol. The van der Waals surface area contributed by atoms with Gasteiger partial charge in [0, 0.05) is 50.9 Å². The highest BCUT2D eigenvalue weighted by atomic mass is 32.2. The fourth-order valence-corrected chi connectivity index (χ4v) is 5.91. The number of hydrogen-bond acceptors (Lipinski definition) is 6. The summed E-state index contributed by atoms with van der Waals surface area (Å²) in [5, 5.41) is 7.79. The average Bonchev–Trinajstić information content (AvgIpc) is 3.37. The van der Waals surface area contributed by atoms with Crippen molar-refractivity contribution in [3.8, 4) is 0 Å². The van der Waals surface area contributed by atoms with E-state index >= 15 is 4.39 Å². The Balaban J connectivity index is 0.00000216. The molecule has 3 heterocycles. The van der Waals surface area contributed by atoms with Crippen LogP contribution in [0.5, 0.6) is 0 Å². The van der Waals surface area contributed by atoms with Crippen LogP contribution < -0.4 is 10.2 Å². The van der Waals surface area contributed by atoms with Crippen molar-refractivity contribution in [1.29, 1.82) is 0 Å². The third-order valence-electron chi connectivity index (χ3n) is 7.34. The summed E-state index contributed by atoms with van der Waals surface area (Å²) in [4.78, 5) is 21.8. The maximum absolute atomic E-state index is 15.3. The Hall–Kier alpha value is -4.31. The number of nitrogens with zero attached hydrogens (tertiary/aromatic N) is 5. The molecule has 0 radical (unpaired) electrons.